The van der Waals surface area contributed by atoms with Crippen molar-refractivity contribution >= 4 is 35.0 Å². The molecular weight excluding hydrogens is 466 g/mol. The summed E-state index contributed by atoms with van der Waals surface area (Å²) in [4.78, 5) is 35.3. The van der Waals surface area contributed by atoms with Crippen LogP contribution in [0.3, 0.4) is 0 Å². The van der Waals surface area contributed by atoms with Gasteiger partial charge in [-0.15, -0.1) is 0 Å². The summed E-state index contributed by atoms with van der Waals surface area (Å²) in [5.41, 5.74) is 1.08. The summed E-state index contributed by atoms with van der Waals surface area (Å²) >= 11 is 6.34. The zero-order chi connectivity index (χ0) is 25.6. The van der Waals surface area contributed by atoms with Gasteiger partial charge >= 0.3 is 6.09 Å². The van der Waals surface area contributed by atoms with Crippen LogP contribution in [-0.2, 0) is 9.53 Å². The molecule has 2 aromatic rings. The summed E-state index contributed by atoms with van der Waals surface area (Å²) in [7, 11) is 2.00. The Kier molecular flexibility index (Phi) is 8.57. The van der Waals surface area contributed by atoms with E-state index < -0.39 is 11.7 Å². The van der Waals surface area contributed by atoms with Gasteiger partial charge in [-0.1, -0.05) is 23.7 Å². The van der Waals surface area contributed by atoms with Crippen molar-refractivity contribution in [3.63, 3.8) is 0 Å². The first-order chi connectivity index (χ1) is 16.6. The molecule has 0 radical (unpaired) electrons. The van der Waals surface area contributed by atoms with Gasteiger partial charge in [-0.05, 0) is 63.8 Å². The van der Waals surface area contributed by atoms with Crippen LogP contribution in [0.2, 0.25) is 5.02 Å². The molecule has 0 saturated carbocycles. The Morgan fingerprint density at radius 3 is 2.54 bits per heavy atom. The topological polar surface area (TPSA) is 89.8 Å². The van der Waals surface area contributed by atoms with Gasteiger partial charge in [-0.2, -0.15) is 5.26 Å². The summed E-state index contributed by atoms with van der Waals surface area (Å²) in [6.07, 6.45) is 2.74. The lowest BCUT2D eigenvalue weighted by Crippen LogP contribution is -2.48. The van der Waals surface area contributed by atoms with E-state index in [2.05, 4.69) is 16.0 Å². The third-order valence-corrected chi connectivity index (χ3v) is 6.17. The fourth-order valence-corrected chi connectivity index (χ4v) is 4.28. The molecule has 3 rings (SSSR count). The molecule has 8 nitrogen and oxygen atoms in total. The molecule has 186 valence electrons. The van der Waals surface area contributed by atoms with E-state index >= 15 is 0 Å². The summed E-state index contributed by atoms with van der Waals surface area (Å²) < 4.78 is 5.54. The largest absolute Gasteiger partial charge is 0.443 e. The molecule has 0 N–H and O–H groups in total. The number of likely N-dealkylation sites (tertiary alicyclic amines) is 1. The predicted octanol–water partition coefficient (Wildman–Crippen LogP) is 4.72. The maximum absolute atomic E-state index is 13.2. The number of benzene rings is 1. The Bertz CT molecular complexity index is 1090. The molecule has 1 aliphatic heterocycles. The Balaban J connectivity index is 1.61. The molecule has 2 heterocycles. The van der Waals surface area contributed by atoms with Crippen LogP contribution in [0.1, 0.15) is 39.3 Å². The number of piperidine rings is 1. The number of aromatic nitrogens is 1. The van der Waals surface area contributed by atoms with Crippen LogP contribution >= 0.6 is 11.6 Å². The summed E-state index contributed by atoms with van der Waals surface area (Å²) in [5, 5.41) is 9.46. The monoisotopic (exact) mass is 497 g/mol. The molecule has 35 heavy (non-hydrogen) atoms. The van der Waals surface area contributed by atoms with E-state index in [0.717, 1.165) is 25.1 Å². The van der Waals surface area contributed by atoms with Crippen LogP contribution in [0.25, 0.3) is 0 Å². The van der Waals surface area contributed by atoms with E-state index in [4.69, 9.17) is 21.6 Å². The van der Waals surface area contributed by atoms with E-state index in [-0.39, 0.29) is 12.5 Å². The number of nitriles is 1. The van der Waals surface area contributed by atoms with Gasteiger partial charge in [0.25, 0.3) is 0 Å². The van der Waals surface area contributed by atoms with Crippen molar-refractivity contribution in [3.8, 4) is 6.07 Å². The van der Waals surface area contributed by atoms with Gasteiger partial charge in [0.05, 0.1) is 10.7 Å². The van der Waals surface area contributed by atoms with Crippen LogP contribution in [0.15, 0.2) is 42.6 Å². The molecular formula is C26H32ClN5O3. The predicted molar refractivity (Wildman–Crippen MR) is 137 cm³/mol. The van der Waals surface area contributed by atoms with Gasteiger partial charge in [0, 0.05) is 38.6 Å². The molecule has 1 aromatic carbocycles. The fraction of sp³-hybridized carbons (Fsp3) is 0.462. The number of nitrogens with zero attached hydrogens (tertiary/aromatic N) is 5. The van der Waals surface area contributed by atoms with Gasteiger partial charge in [0.15, 0.2) is 0 Å². The van der Waals surface area contributed by atoms with E-state index in [1.165, 1.54) is 4.90 Å². The average molecular weight is 498 g/mol. The molecule has 2 amide bonds. The van der Waals surface area contributed by atoms with E-state index in [1.807, 2.05) is 13.1 Å². The first-order valence-corrected chi connectivity index (χ1v) is 12.1. The number of ether oxygens (including phenoxy) is 1. The third-order valence-electron chi connectivity index (χ3n) is 5.85. The Labute approximate surface area is 212 Å². The zero-order valence-electron chi connectivity index (χ0n) is 20.7. The van der Waals surface area contributed by atoms with Gasteiger partial charge in [0.2, 0.25) is 5.91 Å². The molecule has 1 aliphatic rings. The molecule has 0 unspecified atom stereocenters. The first-order valence-electron chi connectivity index (χ1n) is 11.7. The Hall–Kier alpha value is -3.31. The Morgan fingerprint density at radius 1 is 1.23 bits per heavy atom. The number of hydrogen-bond donors (Lipinski definition) is 0. The van der Waals surface area contributed by atoms with Crippen LogP contribution in [-0.4, -0.2) is 60.7 Å². The van der Waals surface area contributed by atoms with Gasteiger partial charge in [-0.25, -0.2) is 9.78 Å². The normalized spacial score (nSPS) is 14.2. The van der Waals surface area contributed by atoms with Crippen LogP contribution in [0.5, 0.6) is 0 Å². The van der Waals surface area contributed by atoms with Crippen molar-refractivity contribution in [3.05, 3.63) is 53.3 Å². The number of halogens is 1. The van der Waals surface area contributed by atoms with Crippen molar-refractivity contribution in [2.45, 2.75) is 39.2 Å². The Morgan fingerprint density at radius 2 is 1.91 bits per heavy atom. The summed E-state index contributed by atoms with van der Waals surface area (Å²) in [5.74, 6) is 0.267. The molecule has 0 spiro atoms. The van der Waals surface area contributed by atoms with Gasteiger partial charge in [0.1, 0.15) is 23.9 Å². The van der Waals surface area contributed by atoms with Crippen LogP contribution in [0.4, 0.5) is 16.2 Å². The number of pyridine rings is 1. The number of carbonyl (C=O) groups is 2. The summed E-state index contributed by atoms with van der Waals surface area (Å²) in [6.45, 7) is 7.26. The third kappa shape index (κ3) is 7.33. The fourth-order valence-electron chi connectivity index (χ4n) is 4.05. The molecule has 1 saturated heterocycles. The highest BCUT2D eigenvalue weighted by Gasteiger charge is 2.30. The maximum atomic E-state index is 13.2. The van der Waals surface area contributed by atoms with Crippen LogP contribution in [0, 0.1) is 17.2 Å². The minimum Gasteiger partial charge on any atom is -0.443 e. The molecule has 0 aliphatic carbocycles. The lowest BCUT2D eigenvalue weighted by atomic mass is 9.96. The van der Waals surface area contributed by atoms with Crippen molar-refractivity contribution in [1.82, 2.24) is 9.88 Å². The standard InChI is InChI=1S/C26H32ClN5O3/c1-26(2,3)35-25(34)32(23-8-6-5-7-22(23)27)18-24(33)31-13-10-19(11-14-31)17-30(4)21-9-12-29-20(15-21)16-28/h5-9,12,15,19H,10-11,13-14,17-18H2,1-4H3. The first kappa shape index (κ1) is 26.3. The number of para-hydroxylation sites is 1. The quantitative estimate of drug-likeness (QED) is 0.573. The number of carbonyl (C=O) groups excluding carboxylic acids is 2. The zero-order valence-corrected chi connectivity index (χ0v) is 21.5. The molecule has 1 aromatic heterocycles. The van der Waals surface area contributed by atoms with Crippen molar-refractivity contribution < 1.29 is 14.3 Å². The van der Waals surface area contributed by atoms with Gasteiger partial charge in [-0.3, -0.25) is 9.69 Å². The molecule has 0 atom stereocenters. The number of rotatable bonds is 6. The second kappa shape index (κ2) is 11.4. The highest BCUT2D eigenvalue weighted by molar-refractivity contribution is 6.33. The number of anilines is 2. The van der Waals surface area contributed by atoms with E-state index in [0.29, 0.717) is 35.4 Å². The number of hydrogen-bond acceptors (Lipinski definition) is 6. The SMILES string of the molecule is CN(CC1CCN(C(=O)CN(C(=O)OC(C)(C)C)c2ccccc2Cl)CC1)c1ccnc(C#N)c1. The highest BCUT2D eigenvalue weighted by atomic mass is 35.5. The molecule has 1 fully saturated rings. The second-order valence-corrected chi connectivity index (χ2v) is 10.1. The minimum atomic E-state index is -0.702. The molecule has 0 bridgehead atoms. The van der Waals surface area contributed by atoms with Crippen molar-refractivity contribution in [2.24, 2.45) is 5.92 Å². The maximum Gasteiger partial charge on any atom is 0.415 e. The van der Waals surface area contributed by atoms with Gasteiger partial charge < -0.3 is 14.5 Å². The number of amides is 2. The lowest BCUT2D eigenvalue weighted by Gasteiger charge is -2.35. The highest BCUT2D eigenvalue weighted by Crippen LogP contribution is 2.28. The smallest absolute Gasteiger partial charge is 0.415 e. The average Bonchev–Trinajstić information content (AvgIpc) is 2.82. The van der Waals surface area contributed by atoms with E-state index in [1.54, 1.807) is 62.2 Å². The van der Waals surface area contributed by atoms with Crippen LogP contribution < -0.4 is 9.80 Å². The van der Waals surface area contributed by atoms with Crippen molar-refractivity contribution in [2.75, 3.05) is 43.0 Å². The minimum absolute atomic E-state index is 0.142. The summed E-state index contributed by atoms with van der Waals surface area (Å²) in [6, 6.07) is 12.7. The molecule has 9 heteroatoms. The second-order valence-electron chi connectivity index (χ2n) is 9.73. The van der Waals surface area contributed by atoms with E-state index in [9.17, 15) is 9.59 Å². The lowest BCUT2D eigenvalue weighted by molar-refractivity contribution is -0.131. The van der Waals surface area contributed by atoms with Crippen molar-refractivity contribution in [1.29, 1.82) is 5.26 Å².